The van der Waals surface area contributed by atoms with Crippen molar-refractivity contribution in [2.75, 3.05) is 0 Å². The molecule has 0 fully saturated rings. The van der Waals surface area contributed by atoms with Gasteiger partial charge in [0.2, 0.25) is 5.67 Å². The molecule has 0 N–H and O–H groups in total. The van der Waals surface area contributed by atoms with Crippen molar-refractivity contribution in [3.8, 4) is 0 Å². The molecule has 0 aromatic rings. The fraction of sp³-hybridized carbons (Fsp3) is 1.00. The quantitative estimate of drug-likeness (QED) is 0.638. The summed E-state index contributed by atoms with van der Waals surface area (Å²) in [4.78, 5) is 0. The van der Waals surface area contributed by atoms with Crippen LogP contribution >= 0.6 is 0 Å². The summed E-state index contributed by atoms with van der Waals surface area (Å²) in [6, 6.07) is 0. The lowest BCUT2D eigenvalue weighted by Gasteiger charge is -2.39. The molecule has 0 amide bonds. The van der Waals surface area contributed by atoms with Gasteiger partial charge < -0.3 is 0 Å². The van der Waals surface area contributed by atoms with E-state index in [4.69, 9.17) is 0 Å². The summed E-state index contributed by atoms with van der Waals surface area (Å²) < 4.78 is 76.7. The van der Waals surface area contributed by atoms with Gasteiger partial charge in [0.15, 0.2) is 0 Å². The van der Waals surface area contributed by atoms with Gasteiger partial charge in [-0.1, -0.05) is 0 Å². The molecule has 0 aliphatic carbocycles. The Morgan fingerprint density at radius 3 is 1.00 bits per heavy atom. The molecule has 0 saturated heterocycles. The van der Waals surface area contributed by atoms with E-state index in [1.165, 1.54) is 0 Å². The second kappa shape index (κ2) is 3.03. The van der Waals surface area contributed by atoms with Gasteiger partial charge in [-0.3, -0.25) is 0 Å². The highest BCUT2D eigenvalue weighted by Crippen LogP contribution is 2.50. The fourth-order valence-corrected chi connectivity index (χ4v) is 0.786. The third-order valence-electron chi connectivity index (χ3n) is 2.26. The summed E-state index contributed by atoms with van der Waals surface area (Å²) in [5, 5.41) is 0. The molecule has 0 aliphatic rings. The van der Waals surface area contributed by atoms with Crippen LogP contribution in [-0.2, 0) is 0 Å². The molecule has 6 heteroatoms. The standard InChI is InChI=1S/C8H12F6/c1-5(2,9)6(3,10)8(13,14)7(4,11)12/h1-4H3. The first kappa shape index (κ1) is 13.6. The summed E-state index contributed by atoms with van der Waals surface area (Å²) in [6.07, 6.45) is 0. The zero-order valence-electron chi connectivity index (χ0n) is 8.27. The first-order chi connectivity index (χ1) is 5.75. The van der Waals surface area contributed by atoms with Crippen molar-refractivity contribution in [2.24, 2.45) is 0 Å². The van der Waals surface area contributed by atoms with Crippen LogP contribution in [0.4, 0.5) is 26.3 Å². The SMILES string of the molecule is CC(C)(F)C(C)(F)C(F)(F)C(C)(F)F. The van der Waals surface area contributed by atoms with Crippen LogP contribution in [0.3, 0.4) is 0 Å². The molecule has 0 aliphatic heterocycles. The maximum atomic E-state index is 13.3. The van der Waals surface area contributed by atoms with E-state index < -0.39 is 23.2 Å². The molecular weight excluding hydrogens is 210 g/mol. The van der Waals surface area contributed by atoms with E-state index in [1.54, 1.807) is 0 Å². The molecule has 86 valence electrons. The second-order valence-corrected chi connectivity index (χ2v) is 3.94. The van der Waals surface area contributed by atoms with Crippen LogP contribution in [0.1, 0.15) is 27.7 Å². The molecule has 0 radical (unpaired) electrons. The molecule has 0 aromatic heterocycles. The Morgan fingerprint density at radius 2 is 0.929 bits per heavy atom. The van der Waals surface area contributed by atoms with E-state index in [-0.39, 0.29) is 13.8 Å². The number of alkyl halides is 6. The Morgan fingerprint density at radius 1 is 0.643 bits per heavy atom. The van der Waals surface area contributed by atoms with Crippen molar-refractivity contribution < 1.29 is 26.3 Å². The maximum absolute atomic E-state index is 13.3. The zero-order chi connectivity index (χ0) is 12.0. The van der Waals surface area contributed by atoms with Crippen molar-refractivity contribution in [1.29, 1.82) is 0 Å². The largest absolute Gasteiger partial charge is 0.345 e. The van der Waals surface area contributed by atoms with E-state index in [1.807, 2.05) is 0 Å². The van der Waals surface area contributed by atoms with Crippen LogP contribution in [-0.4, -0.2) is 23.2 Å². The summed E-state index contributed by atoms with van der Waals surface area (Å²) in [5.74, 6) is -9.67. The van der Waals surface area contributed by atoms with Crippen molar-refractivity contribution in [1.82, 2.24) is 0 Å². The van der Waals surface area contributed by atoms with Crippen molar-refractivity contribution >= 4 is 0 Å². The van der Waals surface area contributed by atoms with E-state index in [0.717, 1.165) is 0 Å². The van der Waals surface area contributed by atoms with Gasteiger partial charge in [0.1, 0.15) is 5.67 Å². The minimum atomic E-state index is -5.06. The smallest absolute Gasteiger partial charge is 0.241 e. The Balaban J connectivity index is 5.30. The van der Waals surface area contributed by atoms with Gasteiger partial charge in [0, 0.05) is 6.92 Å². The number of rotatable bonds is 3. The van der Waals surface area contributed by atoms with E-state index >= 15 is 0 Å². The normalized spacial score (nSPS) is 19.3. The number of hydrogen-bond donors (Lipinski definition) is 0. The van der Waals surface area contributed by atoms with E-state index in [0.29, 0.717) is 13.8 Å². The molecule has 1 atom stereocenters. The van der Waals surface area contributed by atoms with Gasteiger partial charge in [-0.2, -0.15) is 8.78 Å². The molecule has 0 rings (SSSR count). The van der Waals surface area contributed by atoms with Crippen LogP contribution < -0.4 is 0 Å². The average Bonchev–Trinajstić information content (AvgIpc) is 1.81. The van der Waals surface area contributed by atoms with Crippen LogP contribution in [0.15, 0.2) is 0 Å². The van der Waals surface area contributed by atoms with Crippen LogP contribution in [0.2, 0.25) is 0 Å². The molecule has 0 aromatic carbocycles. The molecule has 0 bridgehead atoms. The van der Waals surface area contributed by atoms with Gasteiger partial charge in [-0.15, -0.1) is 0 Å². The van der Waals surface area contributed by atoms with Gasteiger partial charge >= 0.3 is 11.8 Å². The molecule has 14 heavy (non-hydrogen) atoms. The summed E-state index contributed by atoms with van der Waals surface area (Å²) in [7, 11) is 0. The second-order valence-electron chi connectivity index (χ2n) is 3.94. The lowest BCUT2D eigenvalue weighted by Crippen LogP contribution is -2.61. The first-order valence-electron chi connectivity index (χ1n) is 3.88. The van der Waals surface area contributed by atoms with Crippen LogP contribution in [0, 0.1) is 0 Å². The molecule has 0 saturated carbocycles. The summed E-state index contributed by atoms with van der Waals surface area (Å²) in [5.41, 5.74) is -6.99. The predicted molar refractivity (Wildman–Crippen MR) is 40.3 cm³/mol. The van der Waals surface area contributed by atoms with Gasteiger partial charge in [0.05, 0.1) is 0 Å². The lowest BCUT2D eigenvalue weighted by atomic mass is 9.82. The number of halogens is 6. The highest BCUT2D eigenvalue weighted by atomic mass is 19.3. The molecule has 0 nitrogen and oxygen atoms in total. The molecular formula is C8H12F6. The summed E-state index contributed by atoms with van der Waals surface area (Å²) in [6.45, 7) is 0.973. The van der Waals surface area contributed by atoms with Crippen molar-refractivity contribution in [3.05, 3.63) is 0 Å². The van der Waals surface area contributed by atoms with Crippen LogP contribution in [0.5, 0.6) is 0 Å². The van der Waals surface area contributed by atoms with Crippen molar-refractivity contribution in [3.63, 3.8) is 0 Å². The highest BCUT2D eigenvalue weighted by molar-refractivity contribution is 5.06. The van der Waals surface area contributed by atoms with Gasteiger partial charge in [0.25, 0.3) is 0 Å². The Bertz CT molecular complexity index is 183. The Labute approximate surface area is 78.3 Å². The fourth-order valence-electron chi connectivity index (χ4n) is 0.786. The zero-order valence-corrected chi connectivity index (χ0v) is 8.27. The topological polar surface area (TPSA) is 0 Å². The first-order valence-corrected chi connectivity index (χ1v) is 3.88. The Kier molecular flexibility index (Phi) is 2.94. The third kappa shape index (κ3) is 1.83. The minimum Gasteiger partial charge on any atom is -0.241 e. The van der Waals surface area contributed by atoms with Crippen molar-refractivity contribution in [2.45, 2.75) is 50.9 Å². The maximum Gasteiger partial charge on any atom is 0.345 e. The van der Waals surface area contributed by atoms with Gasteiger partial charge in [-0.05, 0) is 20.8 Å². The van der Waals surface area contributed by atoms with E-state index in [9.17, 15) is 26.3 Å². The van der Waals surface area contributed by atoms with Crippen LogP contribution in [0.25, 0.3) is 0 Å². The Hall–Kier alpha value is -0.420. The molecule has 0 spiro atoms. The third-order valence-corrected chi connectivity index (χ3v) is 2.26. The van der Waals surface area contributed by atoms with Gasteiger partial charge in [-0.25, -0.2) is 17.6 Å². The number of hydrogen-bond acceptors (Lipinski definition) is 0. The lowest BCUT2D eigenvalue weighted by molar-refractivity contribution is -0.284. The molecule has 0 heterocycles. The minimum absolute atomic E-state index is 0.129. The summed E-state index contributed by atoms with van der Waals surface area (Å²) >= 11 is 0. The molecule has 1 unspecified atom stereocenters. The highest BCUT2D eigenvalue weighted by Gasteiger charge is 2.70. The average molecular weight is 222 g/mol. The monoisotopic (exact) mass is 222 g/mol. The van der Waals surface area contributed by atoms with E-state index in [2.05, 4.69) is 0 Å². The predicted octanol–water partition coefficient (Wildman–Crippen LogP) is 3.75.